The quantitative estimate of drug-likeness (QED) is 0.631. The number of amides is 2. The van der Waals surface area contributed by atoms with Crippen molar-refractivity contribution in [2.75, 3.05) is 53.1 Å². The van der Waals surface area contributed by atoms with Crippen molar-refractivity contribution in [1.82, 2.24) is 9.80 Å². The Hall–Kier alpha value is -1.14. The average Bonchev–Trinajstić information content (AvgIpc) is 2.54. The summed E-state index contributed by atoms with van der Waals surface area (Å²) in [4.78, 5) is 28.7. The van der Waals surface area contributed by atoms with Gasteiger partial charge in [-0.2, -0.15) is 0 Å². The fourth-order valence-corrected chi connectivity index (χ4v) is 3.43. The molecule has 132 valence electrons. The predicted molar refractivity (Wildman–Crippen MR) is 87.0 cm³/mol. The highest BCUT2D eigenvalue weighted by molar-refractivity contribution is 5.84. The van der Waals surface area contributed by atoms with Crippen molar-refractivity contribution in [2.24, 2.45) is 5.41 Å². The zero-order chi connectivity index (χ0) is 16.7. The molecule has 0 spiro atoms. The summed E-state index contributed by atoms with van der Waals surface area (Å²) in [5.41, 5.74) is -0.197. The van der Waals surface area contributed by atoms with E-state index < -0.39 is 0 Å². The van der Waals surface area contributed by atoms with Crippen LogP contribution >= 0.6 is 0 Å². The number of ether oxygens (including phenoxy) is 2. The topological polar surface area (TPSA) is 59.1 Å². The molecule has 1 aliphatic heterocycles. The zero-order valence-corrected chi connectivity index (χ0v) is 14.5. The molecule has 0 atom stereocenters. The standard InChI is InChI=1S/C17H30N2O4/c1-3-23-14-8-17(6-4-7-17)16(21)19-11-9-18(10-12-19)15(20)5-13-22-2/h3-14H2,1-2H3. The van der Waals surface area contributed by atoms with Gasteiger partial charge in [-0.25, -0.2) is 0 Å². The molecule has 1 heterocycles. The third-order valence-corrected chi connectivity index (χ3v) is 5.13. The Morgan fingerprint density at radius 2 is 1.70 bits per heavy atom. The van der Waals surface area contributed by atoms with Gasteiger partial charge in [0.15, 0.2) is 0 Å². The minimum Gasteiger partial charge on any atom is -0.384 e. The van der Waals surface area contributed by atoms with Gasteiger partial charge in [0.1, 0.15) is 0 Å². The highest BCUT2D eigenvalue weighted by atomic mass is 16.5. The van der Waals surface area contributed by atoms with Gasteiger partial charge in [0.2, 0.25) is 11.8 Å². The molecular weight excluding hydrogens is 296 g/mol. The first-order valence-corrected chi connectivity index (χ1v) is 8.77. The Bertz CT molecular complexity index is 401. The maximum Gasteiger partial charge on any atom is 0.228 e. The first-order chi connectivity index (χ1) is 11.1. The summed E-state index contributed by atoms with van der Waals surface area (Å²) in [6.07, 6.45) is 4.33. The number of hydrogen-bond acceptors (Lipinski definition) is 4. The maximum absolute atomic E-state index is 12.9. The fourth-order valence-electron chi connectivity index (χ4n) is 3.43. The van der Waals surface area contributed by atoms with Crippen molar-refractivity contribution in [3.8, 4) is 0 Å². The van der Waals surface area contributed by atoms with Crippen LogP contribution in [0.25, 0.3) is 0 Å². The third-order valence-electron chi connectivity index (χ3n) is 5.13. The molecule has 2 fully saturated rings. The molecule has 23 heavy (non-hydrogen) atoms. The second kappa shape index (κ2) is 8.64. The second-order valence-corrected chi connectivity index (χ2v) is 6.50. The van der Waals surface area contributed by atoms with Gasteiger partial charge in [-0.1, -0.05) is 6.42 Å². The van der Waals surface area contributed by atoms with Crippen molar-refractivity contribution in [3.05, 3.63) is 0 Å². The third kappa shape index (κ3) is 4.44. The monoisotopic (exact) mass is 326 g/mol. The Balaban J connectivity index is 1.81. The van der Waals surface area contributed by atoms with Crippen LogP contribution in [0.2, 0.25) is 0 Å². The highest BCUT2D eigenvalue weighted by Gasteiger charge is 2.46. The minimum atomic E-state index is -0.197. The molecule has 1 aliphatic carbocycles. The summed E-state index contributed by atoms with van der Waals surface area (Å²) >= 11 is 0. The minimum absolute atomic E-state index is 0.119. The van der Waals surface area contributed by atoms with Crippen LogP contribution in [-0.2, 0) is 19.1 Å². The van der Waals surface area contributed by atoms with E-state index in [1.807, 2.05) is 16.7 Å². The molecule has 2 rings (SSSR count). The second-order valence-electron chi connectivity index (χ2n) is 6.50. The fraction of sp³-hybridized carbons (Fsp3) is 0.882. The van der Waals surface area contributed by atoms with E-state index >= 15 is 0 Å². The van der Waals surface area contributed by atoms with Gasteiger partial charge in [0.25, 0.3) is 0 Å². The summed E-state index contributed by atoms with van der Waals surface area (Å²) in [5.74, 6) is 0.390. The smallest absolute Gasteiger partial charge is 0.228 e. The molecular formula is C17H30N2O4. The summed E-state index contributed by atoms with van der Waals surface area (Å²) in [5, 5.41) is 0. The number of nitrogens with zero attached hydrogens (tertiary/aromatic N) is 2. The van der Waals surface area contributed by atoms with Crippen LogP contribution in [0.3, 0.4) is 0 Å². The van der Waals surface area contributed by atoms with Crippen molar-refractivity contribution in [1.29, 1.82) is 0 Å². The summed E-state index contributed by atoms with van der Waals surface area (Å²) < 4.78 is 10.4. The van der Waals surface area contributed by atoms with Gasteiger partial charge in [-0.15, -0.1) is 0 Å². The first kappa shape index (κ1) is 18.2. The van der Waals surface area contributed by atoms with Crippen molar-refractivity contribution < 1.29 is 19.1 Å². The summed E-state index contributed by atoms with van der Waals surface area (Å²) in [6, 6.07) is 0. The lowest BCUT2D eigenvalue weighted by atomic mass is 9.65. The van der Waals surface area contributed by atoms with E-state index in [0.717, 1.165) is 25.7 Å². The number of rotatable bonds is 8. The van der Waals surface area contributed by atoms with E-state index in [9.17, 15) is 9.59 Å². The van der Waals surface area contributed by atoms with Crippen LogP contribution in [0.5, 0.6) is 0 Å². The van der Waals surface area contributed by atoms with Crippen LogP contribution in [0.15, 0.2) is 0 Å². The Morgan fingerprint density at radius 3 is 2.22 bits per heavy atom. The van der Waals surface area contributed by atoms with Gasteiger partial charge in [-0.3, -0.25) is 9.59 Å². The normalized spacial score (nSPS) is 20.3. The number of piperazine rings is 1. The molecule has 0 unspecified atom stereocenters. The SMILES string of the molecule is CCOCCC1(C(=O)N2CCN(C(=O)CCOC)CC2)CCC1. The molecule has 0 aromatic carbocycles. The zero-order valence-electron chi connectivity index (χ0n) is 14.5. The Morgan fingerprint density at radius 1 is 1.04 bits per heavy atom. The number of carbonyl (C=O) groups is 2. The van der Waals surface area contributed by atoms with Gasteiger partial charge >= 0.3 is 0 Å². The molecule has 2 aliphatic rings. The molecule has 0 aromatic rings. The molecule has 0 N–H and O–H groups in total. The molecule has 0 aromatic heterocycles. The molecule has 0 bridgehead atoms. The first-order valence-electron chi connectivity index (χ1n) is 8.77. The van der Waals surface area contributed by atoms with Crippen LogP contribution in [-0.4, -0.2) is 74.7 Å². The predicted octanol–water partition coefficient (Wildman–Crippen LogP) is 1.29. The Kier molecular flexibility index (Phi) is 6.84. The number of methoxy groups -OCH3 is 1. The highest BCUT2D eigenvalue weighted by Crippen LogP contribution is 2.45. The van der Waals surface area contributed by atoms with E-state index in [1.54, 1.807) is 7.11 Å². The molecule has 1 saturated heterocycles. The lowest BCUT2D eigenvalue weighted by Crippen LogP contribution is -2.56. The van der Waals surface area contributed by atoms with E-state index in [1.165, 1.54) is 0 Å². The van der Waals surface area contributed by atoms with Gasteiger partial charge in [0.05, 0.1) is 18.4 Å². The average molecular weight is 326 g/mol. The molecule has 6 heteroatoms. The van der Waals surface area contributed by atoms with E-state index in [4.69, 9.17) is 9.47 Å². The lowest BCUT2D eigenvalue weighted by Gasteiger charge is -2.45. The number of carbonyl (C=O) groups excluding carboxylic acids is 2. The largest absolute Gasteiger partial charge is 0.384 e. The number of hydrogen-bond donors (Lipinski definition) is 0. The summed E-state index contributed by atoms with van der Waals surface area (Å²) in [6.45, 7) is 6.37. The lowest BCUT2D eigenvalue weighted by molar-refractivity contribution is -0.153. The van der Waals surface area contributed by atoms with Crippen LogP contribution in [0.1, 0.15) is 39.0 Å². The Labute approximate surface area is 139 Å². The van der Waals surface area contributed by atoms with Crippen molar-refractivity contribution in [3.63, 3.8) is 0 Å². The maximum atomic E-state index is 12.9. The van der Waals surface area contributed by atoms with E-state index in [2.05, 4.69) is 0 Å². The van der Waals surface area contributed by atoms with Crippen molar-refractivity contribution >= 4 is 11.8 Å². The summed E-state index contributed by atoms with van der Waals surface area (Å²) in [7, 11) is 1.60. The van der Waals surface area contributed by atoms with Crippen LogP contribution in [0.4, 0.5) is 0 Å². The molecule has 2 amide bonds. The van der Waals surface area contributed by atoms with E-state index in [-0.39, 0.29) is 17.2 Å². The van der Waals surface area contributed by atoms with Gasteiger partial charge in [0, 0.05) is 46.5 Å². The van der Waals surface area contributed by atoms with Crippen molar-refractivity contribution in [2.45, 2.75) is 39.0 Å². The van der Waals surface area contributed by atoms with Gasteiger partial charge in [-0.05, 0) is 26.2 Å². The molecule has 0 radical (unpaired) electrons. The van der Waals surface area contributed by atoms with E-state index in [0.29, 0.717) is 52.4 Å². The molecule has 6 nitrogen and oxygen atoms in total. The van der Waals surface area contributed by atoms with Crippen LogP contribution in [0, 0.1) is 5.41 Å². The van der Waals surface area contributed by atoms with Crippen LogP contribution < -0.4 is 0 Å². The molecule has 1 saturated carbocycles. The van der Waals surface area contributed by atoms with Gasteiger partial charge < -0.3 is 19.3 Å².